The molecule has 0 radical (unpaired) electrons. The molecule has 1 atom stereocenters. The third kappa shape index (κ3) is 2.31. The van der Waals surface area contributed by atoms with Crippen molar-refractivity contribution in [1.82, 2.24) is 0 Å². The molecule has 0 aliphatic carbocycles. The fourth-order valence-electron chi connectivity index (χ4n) is 1.57. The molecule has 5 heteroatoms. The summed E-state index contributed by atoms with van der Waals surface area (Å²) in [5.74, 6) is -0.812. The van der Waals surface area contributed by atoms with E-state index >= 15 is 0 Å². The van der Waals surface area contributed by atoms with Crippen molar-refractivity contribution >= 4 is 23.4 Å². The van der Waals surface area contributed by atoms with Gasteiger partial charge in [-0.05, 0) is 0 Å². The number of halogens is 1. The standard InChI is InChI=1S/C12H10ClNO3/c13-10-11(14)9(17-12(10)16)6-8(15)7-4-2-1-3-5-7/h1-5,9H,6,14H2/t9-/m0/s1. The van der Waals surface area contributed by atoms with Crippen molar-refractivity contribution < 1.29 is 14.3 Å². The Bertz CT molecular complexity index is 496. The van der Waals surface area contributed by atoms with Crippen LogP contribution in [0.25, 0.3) is 0 Å². The van der Waals surface area contributed by atoms with Gasteiger partial charge in [-0.2, -0.15) is 0 Å². The number of ether oxygens (including phenoxy) is 1. The second-order valence-electron chi connectivity index (χ2n) is 3.66. The Morgan fingerprint density at radius 1 is 1.35 bits per heavy atom. The SMILES string of the molecule is NC1=C(Cl)C(=O)O[C@H]1CC(=O)c1ccccc1. The normalized spacial score (nSPS) is 19.4. The second-order valence-corrected chi connectivity index (χ2v) is 4.03. The summed E-state index contributed by atoms with van der Waals surface area (Å²) >= 11 is 5.61. The third-order valence-electron chi connectivity index (χ3n) is 2.50. The van der Waals surface area contributed by atoms with Crippen molar-refractivity contribution in [3.05, 3.63) is 46.6 Å². The molecule has 2 N–H and O–H groups in total. The summed E-state index contributed by atoms with van der Waals surface area (Å²) in [6.07, 6.45) is -0.736. The molecule has 2 rings (SSSR count). The highest BCUT2D eigenvalue weighted by Crippen LogP contribution is 2.24. The molecule has 1 aromatic carbocycles. The van der Waals surface area contributed by atoms with Gasteiger partial charge in [-0.25, -0.2) is 4.79 Å². The number of Topliss-reactive ketones (excluding diaryl/α,β-unsaturated/α-hetero) is 1. The van der Waals surface area contributed by atoms with Crippen molar-refractivity contribution in [1.29, 1.82) is 0 Å². The maximum atomic E-state index is 11.8. The van der Waals surface area contributed by atoms with E-state index in [1.165, 1.54) is 0 Å². The van der Waals surface area contributed by atoms with Gasteiger partial charge >= 0.3 is 5.97 Å². The van der Waals surface area contributed by atoms with E-state index < -0.39 is 12.1 Å². The van der Waals surface area contributed by atoms with Gasteiger partial charge in [0, 0.05) is 5.56 Å². The van der Waals surface area contributed by atoms with E-state index in [4.69, 9.17) is 22.1 Å². The molecule has 0 bridgehead atoms. The van der Waals surface area contributed by atoms with Gasteiger partial charge in [0.2, 0.25) is 0 Å². The maximum Gasteiger partial charge on any atom is 0.352 e. The van der Waals surface area contributed by atoms with Crippen LogP contribution in [0.4, 0.5) is 0 Å². The highest BCUT2D eigenvalue weighted by molar-refractivity contribution is 6.42. The average molecular weight is 252 g/mol. The Hall–Kier alpha value is -1.81. The summed E-state index contributed by atoms with van der Waals surface area (Å²) in [4.78, 5) is 23.0. The molecule has 1 aromatic rings. The fraction of sp³-hybridized carbons (Fsp3) is 0.167. The molecule has 0 saturated carbocycles. The van der Waals surface area contributed by atoms with Crippen LogP contribution in [0.1, 0.15) is 16.8 Å². The lowest BCUT2D eigenvalue weighted by atomic mass is 10.0. The van der Waals surface area contributed by atoms with Crippen LogP contribution in [0.3, 0.4) is 0 Å². The van der Waals surface area contributed by atoms with Crippen LogP contribution in [0.15, 0.2) is 41.1 Å². The quantitative estimate of drug-likeness (QED) is 0.654. The lowest BCUT2D eigenvalue weighted by Crippen LogP contribution is -2.21. The predicted molar refractivity (Wildman–Crippen MR) is 62.3 cm³/mol. The lowest BCUT2D eigenvalue weighted by Gasteiger charge is -2.09. The number of ketones is 1. The van der Waals surface area contributed by atoms with E-state index in [2.05, 4.69) is 0 Å². The predicted octanol–water partition coefficient (Wildman–Crippen LogP) is 1.59. The number of carbonyl (C=O) groups is 2. The molecule has 17 heavy (non-hydrogen) atoms. The first kappa shape index (κ1) is 11.7. The topological polar surface area (TPSA) is 69.4 Å². The summed E-state index contributed by atoms with van der Waals surface area (Å²) < 4.78 is 4.89. The molecule has 1 heterocycles. The Morgan fingerprint density at radius 3 is 2.53 bits per heavy atom. The van der Waals surface area contributed by atoms with Gasteiger partial charge in [-0.1, -0.05) is 41.9 Å². The van der Waals surface area contributed by atoms with Gasteiger partial charge in [0.05, 0.1) is 12.1 Å². The molecular formula is C12H10ClNO3. The van der Waals surface area contributed by atoms with Crippen LogP contribution < -0.4 is 5.73 Å². The summed E-state index contributed by atoms with van der Waals surface area (Å²) in [5.41, 5.74) is 6.27. The van der Waals surface area contributed by atoms with Crippen LogP contribution in [0.5, 0.6) is 0 Å². The molecular weight excluding hydrogens is 242 g/mol. The second kappa shape index (κ2) is 4.59. The Labute approximate surface area is 103 Å². The minimum absolute atomic E-state index is 0.0117. The van der Waals surface area contributed by atoms with Crippen LogP contribution in [0.2, 0.25) is 0 Å². The number of carbonyl (C=O) groups excluding carboxylic acids is 2. The molecule has 0 fully saturated rings. The Kier molecular flexibility index (Phi) is 3.15. The van der Waals surface area contributed by atoms with E-state index in [-0.39, 0.29) is 22.9 Å². The molecule has 0 saturated heterocycles. The van der Waals surface area contributed by atoms with E-state index in [0.717, 1.165) is 0 Å². The Morgan fingerprint density at radius 2 is 2.00 bits per heavy atom. The zero-order chi connectivity index (χ0) is 12.4. The lowest BCUT2D eigenvalue weighted by molar-refractivity contribution is -0.139. The van der Waals surface area contributed by atoms with E-state index in [9.17, 15) is 9.59 Å². The number of nitrogens with two attached hydrogens (primary N) is 1. The minimum atomic E-state index is -0.747. The van der Waals surface area contributed by atoms with Crippen molar-refractivity contribution in [3.63, 3.8) is 0 Å². The molecule has 0 amide bonds. The summed E-state index contributed by atoms with van der Waals surface area (Å²) in [6.45, 7) is 0. The number of hydrogen-bond acceptors (Lipinski definition) is 4. The van der Waals surface area contributed by atoms with Crippen LogP contribution in [-0.2, 0) is 9.53 Å². The largest absolute Gasteiger partial charge is 0.451 e. The highest BCUT2D eigenvalue weighted by atomic mass is 35.5. The number of rotatable bonds is 3. The van der Waals surface area contributed by atoms with Gasteiger partial charge < -0.3 is 10.5 Å². The van der Waals surface area contributed by atoms with Crippen LogP contribution >= 0.6 is 11.6 Å². The molecule has 0 spiro atoms. The van der Waals surface area contributed by atoms with Gasteiger partial charge in [-0.15, -0.1) is 0 Å². The summed E-state index contributed by atoms with van der Waals surface area (Å²) in [6, 6.07) is 8.73. The Balaban J connectivity index is 2.09. The highest BCUT2D eigenvalue weighted by Gasteiger charge is 2.32. The fourth-order valence-corrected chi connectivity index (χ4v) is 1.73. The van der Waals surface area contributed by atoms with Crippen molar-refractivity contribution in [3.8, 4) is 0 Å². The first-order chi connectivity index (χ1) is 8.09. The van der Waals surface area contributed by atoms with Crippen LogP contribution in [-0.4, -0.2) is 17.9 Å². The number of hydrogen-bond donors (Lipinski definition) is 1. The van der Waals surface area contributed by atoms with Gasteiger partial charge in [-0.3, -0.25) is 4.79 Å². The smallest absolute Gasteiger partial charge is 0.352 e. The zero-order valence-electron chi connectivity index (χ0n) is 8.85. The average Bonchev–Trinajstić information content (AvgIpc) is 2.58. The first-order valence-electron chi connectivity index (χ1n) is 5.04. The van der Waals surface area contributed by atoms with E-state index in [1.807, 2.05) is 6.07 Å². The molecule has 1 aliphatic heterocycles. The molecule has 0 aromatic heterocycles. The third-order valence-corrected chi connectivity index (χ3v) is 2.87. The van der Waals surface area contributed by atoms with Crippen molar-refractivity contribution in [2.45, 2.75) is 12.5 Å². The molecule has 4 nitrogen and oxygen atoms in total. The molecule has 1 aliphatic rings. The van der Waals surface area contributed by atoms with Gasteiger partial charge in [0.15, 0.2) is 11.9 Å². The van der Waals surface area contributed by atoms with Crippen molar-refractivity contribution in [2.24, 2.45) is 5.73 Å². The zero-order valence-corrected chi connectivity index (χ0v) is 9.61. The van der Waals surface area contributed by atoms with E-state index in [0.29, 0.717) is 5.56 Å². The van der Waals surface area contributed by atoms with E-state index in [1.54, 1.807) is 24.3 Å². The van der Waals surface area contributed by atoms with Gasteiger partial charge in [0.1, 0.15) is 5.03 Å². The summed E-state index contributed by atoms with van der Waals surface area (Å²) in [5, 5.41) is -0.129. The summed E-state index contributed by atoms with van der Waals surface area (Å²) in [7, 11) is 0. The molecule has 88 valence electrons. The first-order valence-corrected chi connectivity index (χ1v) is 5.41. The van der Waals surface area contributed by atoms with Gasteiger partial charge in [0.25, 0.3) is 0 Å². The minimum Gasteiger partial charge on any atom is -0.451 e. The van der Waals surface area contributed by atoms with Crippen LogP contribution in [0, 0.1) is 0 Å². The monoisotopic (exact) mass is 251 g/mol. The number of cyclic esters (lactones) is 1. The maximum absolute atomic E-state index is 11.8. The number of esters is 1. The molecule has 0 unspecified atom stereocenters. The van der Waals surface area contributed by atoms with Crippen molar-refractivity contribution in [2.75, 3.05) is 0 Å². The number of benzene rings is 1.